The lowest BCUT2D eigenvalue weighted by atomic mass is 10.1. The topological polar surface area (TPSA) is 33.7 Å². The molecule has 0 radical (unpaired) electrons. The fraction of sp³-hybridized carbons (Fsp3) is 0.625. The van der Waals surface area contributed by atoms with Crippen LogP contribution in [0.2, 0.25) is 0 Å². The Morgan fingerprint density at radius 3 is 2.60 bits per heavy atom. The van der Waals surface area contributed by atoms with Gasteiger partial charge in [0, 0.05) is 31.7 Å². The third-order valence-electron chi connectivity index (χ3n) is 4.06. The van der Waals surface area contributed by atoms with Crippen LogP contribution in [0.4, 0.5) is 5.69 Å². The minimum atomic E-state index is -0.436. The van der Waals surface area contributed by atoms with Gasteiger partial charge in [0.25, 0.3) is 0 Å². The van der Waals surface area contributed by atoms with E-state index in [1.54, 1.807) is 0 Å². The van der Waals surface area contributed by atoms with E-state index in [1.807, 2.05) is 6.92 Å². The molecule has 2 saturated heterocycles. The van der Waals surface area contributed by atoms with Gasteiger partial charge in [-0.05, 0) is 37.6 Å². The Kier molecular flexibility index (Phi) is 4.24. The minimum Gasteiger partial charge on any atom is -0.370 e. The molecule has 1 aromatic rings. The van der Waals surface area contributed by atoms with Crippen LogP contribution in [0, 0.1) is 0 Å². The van der Waals surface area contributed by atoms with Crippen LogP contribution in [0.3, 0.4) is 0 Å². The van der Waals surface area contributed by atoms with Gasteiger partial charge >= 0.3 is 0 Å². The molecule has 0 atom stereocenters. The van der Waals surface area contributed by atoms with Crippen LogP contribution in [0.5, 0.6) is 0 Å². The summed E-state index contributed by atoms with van der Waals surface area (Å²) in [5.41, 5.74) is 2.59. The fourth-order valence-corrected chi connectivity index (χ4v) is 2.96. The lowest BCUT2D eigenvalue weighted by molar-refractivity contribution is -0.140. The molecule has 0 bridgehead atoms. The number of anilines is 1. The Labute approximate surface area is 121 Å². The molecule has 2 aliphatic heterocycles. The highest BCUT2D eigenvalue weighted by Gasteiger charge is 2.30. The first-order chi connectivity index (χ1) is 9.75. The monoisotopic (exact) mass is 276 g/mol. The van der Waals surface area contributed by atoms with E-state index in [4.69, 9.17) is 9.47 Å². The van der Waals surface area contributed by atoms with Gasteiger partial charge in [0.15, 0.2) is 5.79 Å². The molecule has 2 fully saturated rings. The molecule has 4 heteroatoms. The van der Waals surface area contributed by atoms with E-state index in [2.05, 4.69) is 34.5 Å². The molecule has 20 heavy (non-hydrogen) atoms. The zero-order valence-electron chi connectivity index (χ0n) is 12.2. The van der Waals surface area contributed by atoms with E-state index in [9.17, 15) is 0 Å². The van der Waals surface area contributed by atoms with Crippen LogP contribution < -0.4 is 10.2 Å². The second-order valence-electron chi connectivity index (χ2n) is 5.76. The van der Waals surface area contributed by atoms with Crippen LogP contribution in [-0.4, -0.2) is 45.2 Å². The van der Waals surface area contributed by atoms with E-state index in [0.29, 0.717) is 13.2 Å². The summed E-state index contributed by atoms with van der Waals surface area (Å²) in [6.45, 7) is 7.85. The van der Waals surface area contributed by atoms with Crippen molar-refractivity contribution >= 4 is 5.69 Å². The molecule has 0 saturated carbocycles. The van der Waals surface area contributed by atoms with Crippen molar-refractivity contribution in [2.75, 3.05) is 44.3 Å². The summed E-state index contributed by atoms with van der Waals surface area (Å²) >= 11 is 0. The summed E-state index contributed by atoms with van der Waals surface area (Å²) in [6.07, 6.45) is 2.02. The first-order valence-electron chi connectivity index (χ1n) is 7.58. The molecule has 0 spiro atoms. The third-order valence-corrected chi connectivity index (χ3v) is 4.06. The molecule has 2 aliphatic rings. The first-order valence-corrected chi connectivity index (χ1v) is 7.58. The highest BCUT2D eigenvalue weighted by molar-refractivity contribution is 5.48. The number of nitrogens with zero attached hydrogens (tertiary/aromatic N) is 1. The van der Waals surface area contributed by atoms with E-state index < -0.39 is 5.79 Å². The second-order valence-corrected chi connectivity index (χ2v) is 5.76. The lowest BCUT2D eigenvalue weighted by Crippen LogP contribution is -2.29. The smallest absolute Gasteiger partial charge is 0.169 e. The molecular weight excluding hydrogens is 252 g/mol. The van der Waals surface area contributed by atoms with Crippen LogP contribution in [0.1, 0.15) is 18.9 Å². The second kappa shape index (κ2) is 6.12. The SMILES string of the molecule is CC1(Cc2ccc(N3CCCNCC3)cc2)OCCO1. The van der Waals surface area contributed by atoms with Gasteiger partial charge in [0.05, 0.1) is 13.2 Å². The van der Waals surface area contributed by atoms with Gasteiger partial charge < -0.3 is 19.7 Å². The Morgan fingerprint density at radius 1 is 1.10 bits per heavy atom. The number of nitrogens with one attached hydrogen (secondary N) is 1. The Balaban J connectivity index is 1.64. The van der Waals surface area contributed by atoms with E-state index >= 15 is 0 Å². The van der Waals surface area contributed by atoms with Gasteiger partial charge in [-0.3, -0.25) is 0 Å². The lowest BCUT2D eigenvalue weighted by Gasteiger charge is -2.24. The molecule has 1 aromatic carbocycles. The molecule has 0 unspecified atom stereocenters. The van der Waals surface area contributed by atoms with Crippen molar-refractivity contribution in [1.29, 1.82) is 0 Å². The van der Waals surface area contributed by atoms with Crippen molar-refractivity contribution < 1.29 is 9.47 Å². The van der Waals surface area contributed by atoms with Gasteiger partial charge in [0.2, 0.25) is 0 Å². The van der Waals surface area contributed by atoms with E-state index in [1.165, 1.54) is 17.7 Å². The van der Waals surface area contributed by atoms with E-state index in [0.717, 1.165) is 32.6 Å². The van der Waals surface area contributed by atoms with Crippen LogP contribution in [0.15, 0.2) is 24.3 Å². The van der Waals surface area contributed by atoms with E-state index in [-0.39, 0.29) is 0 Å². The van der Waals surface area contributed by atoms with Gasteiger partial charge in [0.1, 0.15) is 0 Å². The summed E-state index contributed by atoms with van der Waals surface area (Å²) < 4.78 is 11.3. The molecule has 0 aliphatic carbocycles. The molecule has 2 heterocycles. The predicted molar refractivity (Wildman–Crippen MR) is 80.2 cm³/mol. The molecule has 4 nitrogen and oxygen atoms in total. The van der Waals surface area contributed by atoms with Gasteiger partial charge in [-0.2, -0.15) is 0 Å². The highest BCUT2D eigenvalue weighted by atomic mass is 16.7. The van der Waals surface area contributed by atoms with Crippen molar-refractivity contribution in [1.82, 2.24) is 5.32 Å². The fourth-order valence-electron chi connectivity index (χ4n) is 2.96. The maximum Gasteiger partial charge on any atom is 0.169 e. The average molecular weight is 276 g/mol. The number of hydrogen-bond donors (Lipinski definition) is 1. The zero-order chi connectivity index (χ0) is 13.8. The maximum absolute atomic E-state index is 5.67. The summed E-state index contributed by atoms with van der Waals surface area (Å²) in [4.78, 5) is 2.45. The highest BCUT2D eigenvalue weighted by Crippen LogP contribution is 2.25. The Bertz CT molecular complexity index is 419. The molecular formula is C16H24N2O2. The Hall–Kier alpha value is -1.10. The van der Waals surface area contributed by atoms with Crippen molar-refractivity contribution in [3.63, 3.8) is 0 Å². The van der Waals surface area contributed by atoms with Gasteiger partial charge in [-0.25, -0.2) is 0 Å². The summed E-state index contributed by atoms with van der Waals surface area (Å²) in [5.74, 6) is -0.436. The number of ether oxygens (including phenoxy) is 2. The number of benzene rings is 1. The van der Waals surface area contributed by atoms with Crippen molar-refractivity contribution in [3.05, 3.63) is 29.8 Å². The largest absolute Gasteiger partial charge is 0.370 e. The molecule has 0 aromatic heterocycles. The standard InChI is InChI=1S/C16H24N2O2/c1-16(19-11-12-20-16)13-14-3-5-15(6-4-14)18-9-2-7-17-8-10-18/h3-6,17H,2,7-13H2,1H3. The average Bonchev–Trinajstić information content (AvgIpc) is 2.73. The number of rotatable bonds is 3. The zero-order valence-corrected chi connectivity index (χ0v) is 12.2. The predicted octanol–water partition coefficient (Wildman–Crippen LogP) is 1.79. The minimum absolute atomic E-state index is 0.436. The quantitative estimate of drug-likeness (QED) is 0.912. The molecule has 1 N–H and O–H groups in total. The van der Waals surface area contributed by atoms with Crippen LogP contribution in [0.25, 0.3) is 0 Å². The van der Waals surface area contributed by atoms with Crippen molar-refractivity contribution in [2.24, 2.45) is 0 Å². The first kappa shape index (κ1) is 13.9. The summed E-state index contributed by atoms with van der Waals surface area (Å²) in [6, 6.07) is 8.84. The van der Waals surface area contributed by atoms with Crippen LogP contribution in [-0.2, 0) is 15.9 Å². The summed E-state index contributed by atoms with van der Waals surface area (Å²) in [5, 5.41) is 3.44. The molecule has 110 valence electrons. The normalized spacial score (nSPS) is 22.8. The number of hydrogen-bond acceptors (Lipinski definition) is 4. The van der Waals surface area contributed by atoms with Crippen molar-refractivity contribution in [3.8, 4) is 0 Å². The van der Waals surface area contributed by atoms with Crippen molar-refractivity contribution in [2.45, 2.75) is 25.6 Å². The third kappa shape index (κ3) is 3.32. The van der Waals surface area contributed by atoms with Crippen LogP contribution >= 0.6 is 0 Å². The maximum atomic E-state index is 5.67. The molecule has 3 rings (SSSR count). The summed E-state index contributed by atoms with van der Waals surface area (Å²) in [7, 11) is 0. The Morgan fingerprint density at radius 2 is 1.85 bits per heavy atom. The molecule has 0 amide bonds. The van der Waals surface area contributed by atoms with Gasteiger partial charge in [-0.15, -0.1) is 0 Å². The van der Waals surface area contributed by atoms with Gasteiger partial charge in [-0.1, -0.05) is 12.1 Å².